The molecule has 7 heteroatoms. The molecule has 0 radical (unpaired) electrons. The Kier molecular flexibility index (Phi) is 3.19. The Bertz CT molecular complexity index is 1020. The monoisotopic (exact) mass is 336 g/mol. The fraction of sp³-hybridized carbons (Fsp3) is 0.278. The van der Waals surface area contributed by atoms with Crippen molar-refractivity contribution in [1.29, 1.82) is 0 Å². The van der Waals surface area contributed by atoms with Crippen LogP contribution in [0.25, 0.3) is 28.2 Å². The molecule has 4 aromatic rings. The van der Waals surface area contributed by atoms with Gasteiger partial charge in [-0.25, -0.2) is 18.7 Å². The number of halogens is 1. The van der Waals surface area contributed by atoms with Crippen molar-refractivity contribution < 1.29 is 4.39 Å². The van der Waals surface area contributed by atoms with Crippen LogP contribution in [-0.4, -0.2) is 29.5 Å². The van der Waals surface area contributed by atoms with E-state index in [-0.39, 0.29) is 5.82 Å². The molecule has 126 valence electrons. The lowest BCUT2D eigenvalue weighted by Crippen LogP contribution is -2.06. The minimum absolute atomic E-state index is 0.302. The molecular weight excluding hydrogens is 319 g/mol. The first-order chi connectivity index (χ1) is 12.3. The molecule has 1 aromatic carbocycles. The van der Waals surface area contributed by atoms with E-state index < -0.39 is 0 Å². The third kappa shape index (κ3) is 2.34. The van der Waals surface area contributed by atoms with Crippen LogP contribution in [0.3, 0.4) is 0 Å². The first-order valence-corrected chi connectivity index (χ1v) is 8.53. The molecule has 0 spiro atoms. The van der Waals surface area contributed by atoms with Gasteiger partial charge in [-0.3, -0.25) is 0 Å². The Hall–Kier alpha value is -2.96. The number of benzene rings is 1. The van der Waals surface area contributed by atoms with Crippen LogP contribution in [-0.2, 0) is 0 Å². The van der Waals surface area contributed by atoms with Gasteiger partial charge in [0.25, 0.3) is 0 Å². The summed E-state index contributed by atoms with van der Waals surface area (Å²) < 4.78 is 17.6. The summed E-state index contributed by atoms with van der Waals surface area (Å²) in [6.45, 7) is 0. The van der Waals surface area contributed by atoms with E-state index in [0.29, 0.717) is 17.4 Å². The number of rotatable bonds is 3. The Balaban J connectivity index is 1.65. The van der Waals surface area contributed by atoms with Gasteiger partial charge < -0.3 is 4.98 Å². The summed E-state index contributed by atoms with van der Waals surface area (Å²) in [7, 11) is 0. The Morgan fingerprint density at radius 1 is 1.16 bits per heavy atom. The number of imidazole rings is 1. The highest BCUT2D eigenvalue weighted by atomic mass is 19.1. The molecular formula is C18H17FN6. The highest BCUT2D eigenvalue weighted by molar-refractivity contribution is 5.78. The number of fused-ring (bicyclic) bond motifs is 1. The summed E-state index contributed by atoms with van der Waals surface area (Å²) in [5, 5.41) is 8.75. The highest BCUT2D eigenvalue weighted by Crippen LogP contribution is 2.33. The molecule has 0 bridgehead atoms. The molecule has 1 N–H and O–H groups in total. The maximum absolute atomic E-state index is 13.9. The van der Waals surface area contributed by atoms with Gasteiger partial charge in [0, 0.05) is 18.0 Å². The minimum Gasteiger partial charge on any atom is -0.335 e. The maximum atomic E-state index is 13.9. The summed E-state index contributed by atoms with van der Waals surface area (Å²) in [5.74, 6) is 0.327. The van der Waals surface area contributed by atoms with Gasteiger partial charge in [-0.1, -0.05) is 12.8 Å². The van der Waals surface area contributed by atoms with Crippen molar-refractivity contribution in [3.8, 4) is 17.1 Å². The fourth-order valence-corrected chi connectivity index (χ4v) is 3.67. The molecule has 0 amide bonds. The second kappa shape index (κ2) is 5.54. The molecule has 3 aromatic heterocycles. The molecule has 0 unspecified atom stereocenters. The number of nitrogens with zero attached hydrogens (tertiary/aromatic N) is 5. The van der Waals surface area contributed by atoms with Crippen molar-refractivity contribution in [3.05, 3.63) is 48.7 Å². The Morgan fingerprint density at radius 2 is 2.04 bits per heavy atom. The van der Waals surface area contributed by atoms with Gasteiger partial charge in [0.05, 0.1) is 17.9 Å². The van der Waals surface area contributed by atoms with Crippen LogP contribution < -0.4 is 0 Å². The number of aromatic nitrogens is 6. The van der Waals surface area contributed by atoms with Crippen LogP contribution in [0.5, 0.6) is 0 Å². The average molecular weight is 336 g/mol. The zero-order valence-corrected chi connectivity index (χ0v) is 13.6. The van der Waals surface area contributed by atoms with Gasteiger partial charge in [-0.15, -0.1) is 0 Å². The maximum Gasteiger partial charge on any atom is 0.177 e. The first kappa shape index (κ1) is 14.4. The predicted molar refractivity (Wildman–Crippen MR) is 91.9 cm³/mol. The third-order valence-electron chi connectivity index (χ3n) is 4.88. The van der Waals surface area contributed by atoms with E-state index in [2.05, 4.69) is 15.2 Å². The molecule has 6 nitrogen and oxygen atoms in total. The normalized spacial score (nSPS) is 15.4. The smallest absolute Gasteiger partial charge is 0.177 e. The zero-order chi connectivity index (χ0) is 16.8. The second-order valence-electron chi connectivity index (χ2n) is 6.46. The molecule has 0 atom stereocenters. The summed E-state index contributed by atoms with van der Waals surface area (Å²) in [6.07, 6.45) is 10.1. The van der Waals surface area contributed by atoms with Crippen LogP contribution >= 0.6 is 0 Å². The number of nitrogens with one attached hydrogen (secondary N) is 1. The predicted octanol–water partition coefficient (Wildman–Crippen LogP) is 3.87. The van der Waals surface area contributed by atoms with Gasteiger partial charge >= 0.3 is 0 Å². The summed E-state index contributed by atoms with van der Waals surface area (Å²) >= 11 is 0. The van der Waals surface area contributed by atoms with E-state index in [9.17, 15) is 4.39 Å². The van der Waals surface area contributed by atoms with E-state index in [1.165, 1.54) is 25.0 Å². The highest BCUT2D eigenvalue weighted by Gasteiger charge is 2.22. The van der Waals surface area contributed by atoms with Crippen molar-refractivity contribution in [2.24, 2.45) is 0 Å². The molecule has 1 aliphatic rings. The first-order valence-electron chi connectivity index (χ1n) is 8.53. The largest absolute Gasteiger partial charge is 0.335 e. The number of aromatic amines is 1. The molecule has 0 aliphatic heterocycles. The SMILES string of the molecule is Fc1ccc(-n2cccn2)c(-c2nc3c(cnn3C3CCCC3)[nH]2)c1. The number of hydrogen-bond acceptors (Lipinski definition) is 3. The van der Waals surface area contributed by atoms with Crippen molar-refractivity contribution in [3.63, 3.8) is 0 Å². The molecule has 3 heterocycles. The van der Waals surface area contributed by atoms with Gasteiger partial charge in [0.2, 0.25) is 0 Å². The Labute approximate surface area is 143 Å². The van der Waals surface area contributed by atoms with Crippen LogP contribution in [0, 0.1) is 5.82 Å². The van der Waals surface area contributed by atoms with Crippen molar-refractivity contribution in [2.45, 2.75) is 31.7 Å². The lowest BCUT2D eigenvalue weighted by atomic mass is 10.1. The van der Waals surface area contributed by atoms with Crippen molar-refractivity contribution >= 4 is 11.2 Å². The van der Waals surface area contributed by atoms with E-state index in [0.717, 1.165) is 29.7 Å². The molecule has 1 saturated carbocycles. The van der Waals surface area contributed by atoms with Gasteiger partial charge in [0.15, 0.2) is 5.65 Å². The van der Waals surface area contributed by atoms with Crippen molar-refractivity contribution in [1.82, 2.24) is 29.5 Å². The zero-order valence-electron chi connectivity index (χ0n) is 13.6. The molecule has 1 fully saturated rings. The fourth-order valence-electron chi connectivity index (χ4n) is 3.67. The molecule has 0 saturated heterocycles. The molecule has 5 rings (SSSR count). The average Bonchev–Trinajstić information content (AvgIpc) is 3.37. The van der Waals surface area contributed by atoms with Crippen LogP contribution in [0.2, 0.25) is 0 Å². The topological polar surface area (TPSA) is 64.3 Å². The number of H-pyrrole nitrogens is 1. The lowest BCUT2D eigenvalue weighted by molar-refractivity contribution is 0.479. The molecule has 25 heavy (non-hydrogen) atoms. The van der Waals surface area contributed by atoms with E-state index in [4.69, 9.17) is 4.98 Å². The third-order valence-corrected chi connectivity index (χ3v) is 4.88. The van der Waals surface area contributed by atoms with Crippen LogP contribution in [0.1, 0.15) is 31.7 Å². The van der Waals surface area contributed by atoms with Crippen LogP contribution in [0.15, 0.2) is 42.9 Å². The van der Waals surface area contributed by atoms with Gasteiger partial charge in [-0.05, 0) is 37.1 Å². The quantitative estimate of drug-likeness (QED) is 0.618. The Morgan fingerprint density at radius 3 is 2.84 bits per heavy atom. The van der Waals surface area contributed by atoms with Gasteiger partial charge in [0.1, 0.15) is 17.2 Å². The second-order valence-corrected chi connectivity index (χ2v) is 6.46. The minimum atomic E-state index is -0.302. The van der Waals surface area contributed by atoms with E-state index in [1.807, 2.05) is 16.9 Å². The standard InChI is InChI=1S/C18H17FN6/c19-12-6-7-16(24-9-3-8-20-24)14(10-12)17-22-15-11-21-25(18(15)23-17)13-4-1-2-5-13/h3,6-11,13H,1-2,4-5H2,(H,22,23). The van der Waals surface area contributed by atoms with E-state index in [1.54, 1.807) is 23.1 Å². The van der Waals surface area contributed by atoms with Crippen LogP contribution in [0.4, 0.5) is 4.39 Å². The summed E-state index contributed by atoms with van der Waals surface area (Å²) in [4.78, 5) is 8.02. The number of hydrogen-bond donors (Lipinski definition) is 1. The van der Waals surface area contributed by atoms with Gasteiger partial charge in [-0.2, -0.15) is 10.2 Å². The molecule has 1 aliphatic carbocycles. The van der Waals surface area contributed by atoms with Crippen molar-refractivity contribution in [2.75, 3.05) is 0 Å². The lowest BCUT2D eigenvalue weighted by Gasteiger charge is -2.09. The summed E-state index contributed by atoms with van der Waals surface area (Å²) in [6, 6.07) is 6.88. The van der Waals surface area contributed by atoms with E-state index >= 15 is 0 Å². The summed E-state index contributed by atoms with van der Waals surface area (Å²) in [5.41, 5.74) is 3.16.